The Morgan fingerprint density at radius 2 is 1.78 bits per heavy atom. The molecule has 1 aromatic carbocycles. The topological polar surface area (TPSA) is 87.0 Å². The maximum Gasteiger partial charge on any atom is 0.311 e. The summed E-state index contributed by atoms with van der Waals surface area (Å²) in [5, 5.41) is 24.0. The van der Waals surface area contributed by atoms with E-state index in [-0.39, 0.29) is 19.2 Å². The summed E-state index contributed by atoms with van der Waals surface area (Å²) in [5.41, 5.74) is 0. The third-order valence-corrected chi connectivity index (χ3v) is 1.85. The molecule has 0 bridgehead atoms. The van der Waals surface area contributed by atoms with Crippen molar-refractivity contribution in [3.8, 4) is 5.75 Å². The van der Waals surface area contributed by atoms with Crippen LogP contribution in [-0.2, 0) is 4.79 Å². The van der Waals surface area contributed by atoms with Gasteiger partial charge in [0.1, 0.15) is 11.9 Å². The lowest BCUT2D eigenvalue weighted by atomic mass is 10.3. The van der Waals surface area contributed by atoms with Crippen LogP contribution in [0.15, 0.2) is 30.3 Å². The summed E-state index contributed by atoms with van der Waals surface area (Å²) in [7, 11) is 0. The van der Waals surface area contributed by atoms with Crippen molar-refractivity contribution in [1.82, 2.24) is 0 Å². The van der Waals surface area contributed by atoms with Crippen LogP contribution in [0.4, 0.5) is 0 Å². The Morgan fingerprint density at radius 3 is 2.17 bits per heavy atom. The van der Waals surface area contributed by atoms with Crippen LogP contribution in [0, 0.1) is 0 Å². The first kappa shape index (κ1) is 16.6. The van der Waals surface area contributed by atoms with Gasteiger partial charge in [0.15, 0.2) is 0 Å². The molecule has 1 aromatic rings. The number of carbonyl (C=O) groups excluding carboxylic acids is 1. The molecule has 0 radical (unpaired) electrons. The second-order valence-electron chi connectivity index (χ2n) is 3.56. The van der Waals surface area contributed by atoms with Gasteiger partial charge in [0.2, 0.25) is 0 Å². The zero-order valence-corrected chi connectivity index (χ0v) is 10.5. The molecule has 0 atom stereocenters. The number of ether oxygens (including phenoxy) is 1. The molecular formula is C13H20O5. The molecule has 0 amide bonds. The Morgan fingerprint density at radius 1 is 1.22 bits per heavy atom. The molecule has 0 unspecified atom stereocenters. The van der Waals surface area contributed by atoms with Crippen molar-refractivity contribution in [3.63, 3.8) is 0 Å². The molecule has 3 N–H and O–H groups in total. The van der Waals surface area contributed by atoms with Gasteiger partial charge in [-0.1, -0.05) is 25.1 Å². The molecule has 5 nitrogen and oxygen atoms in total. The van der Waals surface area contributed by atoms with Gasteiger partial charge in [-0.25, -0.2) is 0 Å². The molecule has 1 rings (SSSR count). The largest absolute Gasteiger partial charge is 0.427 e. The second-order valence-corrected chi connectivity index (χ2v) is 3.56. The van der Waals surface area contributed by atoms with Gasteiger partial charge in [0.25, 0.3) is 0 Å². The Bertz CT molecular complexity index is 308. The first-order valence-corrected chi connectivity index (χ1v) is 5.79. The number of para-hydroxylation sites is 1. The minimum absolute atomic E-state index is 0.163. The van der Waals surface area contributed by atoms with Crippen LogP contribution >= 0.6 is 0 Å². The van der Waals surface area contributed by atoms with E-state index in [0.717, 1.165) is 6.42 Å². The van der Waals surface area contributed by atoms with E-state index in [9.17, 15) is 4.79 Å². The highest BCUT2D eigenvalue weighted by Gasteiger charge is 2.00. The van der Waals surface area contributed by atoms with E-state index in [1.54, 1.807) is 12.1 Å². The standard InChI is InChI=1S/C10H12O2.C3H8O3/c1-2-6-10(11)12-9-7-4-3-5-8-9;4-1-3(6)2-5/h3-5,7-8H,2,6H2,1H3;3-6H,1-2H2. The monoisotopic (exact) mass is 256 g/mol. The van der Waals surface area contributed by atoms with E-state index in [1.165, 1.54) is 0 Å². The average molecular weight is 256 g/mol. The molecule has 0 fully saturated rings. The van der Waals surface area contributed by atoms with Gasteiger partial charge in [-0.05, 0) is 18.6 Å². The van der Waals surface area contributed by atoms with E-state index in [2.05, 4.69) is 0 Å². The number of benzene rings is 1. The third kappa shape index (κ3) is 8.69. The van der Waals surface area contributed by atoms with E-state index < -0.39 is 6.10 Å². The van der Waals surface area contributed by atoms with E-state index in [1.807, 2.05) is 25.1 Å². The minimum atomic E-state index is -0.954. The lowest BCUT2D eigenvalue weighted by Crippen LogP contribution is -2.15. The molecule has 5 heteroatoms. The molecule has 18 heavy (non-hydrogen) atoms. The van der Waals surface area contributed by atoms with Crippen LogP contribution in [0.25, 0.3) is 0 Å². The van der Waals surface area contributed by atoms with Crippen molar-refractivity contribution < 1.29 is 24.9 Å². The fourth-order valence-electron chi connectivity index (χ4n) is 0.933. The summed E-state index contributed by atoms with van der Waals surface area (Å²) in [5.74, 6) is 0.458. The predicted molar refractivity (Wildman–Crippen MR) is 67.2 cm³/mol. The van der Waals surface area contributed by atoms with Crippen LogP contribution in [-0.4, -0.2) is 40.6 Å². The molecule has 0 aromatic heterocycles. The summed E-state index contributed by atoms with van der Waals surface area (Å²) in [6, 6.07) is 9.11. The quantitative estimate of drug-likeness (QED) is 0.534. The summed E-state index contributed by atoms with van der Waals surface area (Å²) in [6.07, 6.45) is 0.352. The Labute approximate surface area is 107 Å². The molecule has 0 saturated heterocycles. The summed E-state index contributed by atoms with van der Waals surface area (Å²) in [4.78, 5) is 11.0. The van der Waals surface area contributed by atoms with Crippen molar-refractivity contribution in [1.29, 1.82) is 0 Å². The normalized spacial score (nSPS) is 9.61. The SMILES string of the molecule is CCCC(=O)Oc1ccccc1.OCC(O)CO. The lowest BCUT2D eigenvalue weighted by Gasteiger charge is -2.01. The van der Waals surface area contributed by atoms with Gasteiger partial charge in [-0.3, -0.25) is 4.79 Å². The fourth-order valence-corrected chi connectivity index (χ4v) is 0.933. The van der Waals surface area contributed by atoms with Crippen molar-refractivity contribution in [2.24, 2.45) is 0 Å². The smallest absolute Gasteiger partial charge is 0.311 e. The van der Waals surface area contributed by atoms with E-state index in [4.69, 9.17) is 20.1 Å². The van der Waals surface area contributed by atoms with E-state index in [0.29, 0.717) is 12.2 Å². The average Bonchev–Trinajstić information content (AvgIpc) is 2.40. The number of rotatable bonds is 5. The maximum atomic E-state index is 11.0. The first-order chi connectivity index (χ1) is 8.63. The Kier molecular flexibility index (Phi) is 9.86. The van der Waals surface area contributed by atoms with Crippen molar-refractivity contribution in [3.05, 3.63) is 30.3 Å². The molecule has 0 heterocycles. The van der Waals surface area contributed by atoms with Crippen LogP contribution < -0.4 is 4.74 Å². The second kappa shape index (κ2) is 10.7. The van der Waals surface area contributed by atoms with Crippen LogP contribution in [0.5, 0.6) is 5.75 Å². The zero-order chi connectivity index (χ0) is 13.8. The summed E-state index contributed by atoms with van der Waals surface area (Å²) < 4.78 is 5.02. The first-order valence-electron chi connectivity index (χ1n) is 5.79. The van der Waals surface area contributed by atoms with Crippen LogP contribution in [0.3, 0.4) is 0 Å². The number of hydrogen-bond donors (Lipinski definition) is 3. The molecule has 0 aliphatic carbocycles. The molecular weight excluding hydrogens is 236 g/mol. The van der Waals surface area contributed by atoms with Gasteiger partial charge in [0, 0.05) is 6.42 Å². The fraction of sp³-hybridized carbons (Fsp3) is 0.462. The van der Waals surface area contributed by atoms with Gasteiger partial charge in [-0.15, -0.1) is 0 Å². The van der Waals surface area contributed by atoms with Gasteiger partial charge >= 0.3 is 5.97 Å². The maximum absolute atomic E-state index is 11.0. The number of hydrogen-bond acceptors (Lipinski definition) is 5. The third-order valence-electron chi connectivity index (χ3n) is 1.85. The molecule has 102 valence electrons. The molecule has 0 aliphatic heterocycles. The summed E-state index contributed by atoms with van der Waals surface area (Å²) >= 11 is 0. The highest BCUT2D eigenvalue weighted by atomic mass is 16.5. The number of esters is 1. The highest BCUT2D eigenvalue weighted by Crippen LogP contribution is 2.09. The van der Waals surface area contributed by atoms with Crippen LogP contribution in [0.1, 0.15) is 19.8 Å². The number of carbonyl (C=O) groups is 1. The van der Waals surface area contributed by atoms with Gasteiger partial charge in [0.05, 0.1) is 13.2 Å². The molecule has 0 aliphatic rings. The Balaban J connectivity index is 0.000000411. The summed E-state index contributed by atoms with van der Waals surface area (Å²) in [6.45, 7) is 1.22. The van der Waals surface area contributed by atoms with Crippen LogP contribution in [0.2, 0.25) is 0 Å². The number of aliphatic hydroxyl groups is 3. The Hall–Kier alpha value is -1.43. The van der Waals surface area contributed by atoms with Crippen molar-refractivity contribution in [2.45, 2.75) is 25.9 Å². The van der Waals surface area contributed by atoms with Gasteiger partial charge < -0.3 is 20.1 Å². The van der Waals surface area contributed by atoms with Gasteiger partial charge in [-0.2, -0.15) is 0 Å². The van der Waals surface area contributed by atoms with Crippen molar-refractivity contribution >= 4 is 5.97 Å². The predicted octanol–water partition coefficient (Wildman–Crippen LogP) is 0.724. The number of aliphatic hydroxyl groups excluding tert-OH is 3. The van der Waals surface area contributed by atoms with E-state index >= 15 is 0 Å². The lowest BCUT2D eigenvalue weighted by molar-refractivity contribution is -0.134. The molecule has 0 spiro atoms. The highest BCUT2D eigenvalue weighted by molar-refractivity contribution is 5.72. The zero-order valence-electron chi connectivity index (χ0n) is 10.5. The minimum Gasteiger partial charge on any atom is -0.427 e. The van der Waals surface area contributed by atoms with Crippen molar-refractivity contribution in [2.75, 3.05) is 13.2 Å². The molecule has 0 saturated carbocycles.